The summed E-state index contributed by atoms with van der Waals surface area (Å²) in [6.45, 7) is 4.34. The van der Waals surface area contributed by atoms with Gasteiger partial charge in [0.15, 0.2) is 0 Å². The molecule has 3 nitrogen and oxygen atoms in total. The highest BCUT2D eigenvalue weighted by Gasteiger charge is 2.41. The molecule has 1 atom stereocenters. The van der Waals surface area contributed by atoms with E-state index in [1.165, 1.54) is 0 Å². The summed E-state index contributed by atoms with van der Waals surface area (Å²) in [5.74, 6) is 0.0349. The van der Waals surface area contributed by atoms with Crippen LogP contribution in [-0.2, 0) is 11.3 Å². The lowest BCUT2D eigenvalue weighted by Crippen LogP contribution is -2.38. The SMILES string of the molecule is CC(C)[C@H]1C(O)=C(c2ccccc2)C(=O)N1Cc1ccc(Cl)c(Cl)c1. The van der Waals surface area contributed by atoms with Gasteiger partial charge < -0.3 is 10.0 Å². The van der Waals surface area contributed by atoms with Gasteiger partial charge in [-0.05, 0) is 29.2 Å². The topological polar surface area (TPSA) is 40.5 Å². The molecule has 0 bridgehead atoms. The number of aliphatic hydroxyl groups is 1. The molecule has 0 saturated carbocycles. The van der Waals surface area contributed by atoms with Gasteiger partial charge in [0.1, 0.15) is 5.76 Å². The smallest absolute Gasteiger partial charge is 0.258 e. The molecule has 0 aliphatic carbocycles. The van der Waals surface area contributed by atoms with Gasteiger partial charge in [0.05, 0.1) is 21.7 Å². The molecule has 3 rings (SSSR count). The Morgan fingerprint density at radius 3 is 2.36 bits per heavy atom. The van der Waals surface area contributed by atoms with Crippen molar-refractivity contribution in [3.05, 3.63) is 75.5 Å². The maximum absolute atomic E-state index is 13.0. The van der Waals surface area contributed by atoms with E-state index < -0.39 is 0 Å². The van der Waals surface area contributed by atoms with E-state index in [2.05, 4.69) is 0 Å². The van der Waals surface area contributed by atoms with Crippen molar-refractivity contribution in [2.75, 3.05) is 0 Å². The molecule has 2 aromatic rings. The first-order chi connectivity index (χ1) is 11.9. The Morgan fingerprint density at radius 1 is 1.08 bits per heavy atom. The van der Waals surface area contributed by atoms with Crippen LogP contribution < -0.4 is 0 Å². The number of halogens is 2. The molecule has 0 spiro atoms. The standard InChI is InChI=1S/C20H19Cl2NO2/c1-12(2)18-19(24)17(14-6-4-3-5-7-14)20(25)23(18)11-13-8-9-15(21)16(22)10-13/h3-10,12,18,24H,11H2,1-2H3/t18-/m0/s1. The number of rotatable bonds is 4. The summed E-state index contributed by atoms with van der Waals surface area (Å²) in [7, 11) is 0. The Hall–Kier alpha value is -1.97. The predicted molar refractivity (Wildman–Crippen MR) is 102 cm³/mol. The second-order valence-electron chi connectivity index (χ2n) is 6.50. The number of hydrogen-bond acceptors (Lipinski definition) is 2. The fourth-order valence-electron chi connectivity index (χ4n) is 3.23. The van der Waals surface area contributed by atoms with Crippen molar-refractivity contribution < 1.29 is 9.90 Å². The van der Waals surface area contributed by atoms with Crippen LogP contribution >= 0.6 is 23.2 Å². The Morgan fingerprint density at radius 2 is 1.76 bits per heavy atom. The normalized spacial score (nSPS) is 17.7. The molecule has 0 radical (unpaired) electrons. The Labute approximate surface area is 157 Å². The van der Waals surface area contributed by atoms with Crippen molar-refractivity contribution >= 4 is 34.7 Å². The zero-order chi connectivity index (χ0) is 18.1. The lowest BCUT2D eigenvalue weighted by atomic mass is 9.99. The van der Waals surface area contributed by atoms with E-state index >= 15 is 0 Å². The Balaban J connectivity index is 1.97. The van der Waals surface area contributed by atoms with Gasteiger partial charge in [0.2, 0.25) is 0 Å². The number of aliphatic hydroxyl groups excluding tert-OH is 1. The number of carbonyl (C=O) groups is 1. The van der Waals surface area contributed by atoms with Gasteiger partial charge in [0, 0.05) is 6.54 Å². The van der Waals surface area contributed by atoms with Crippen molar-refractivity contribution in [1.82, 2.24) is 4.90 Å². The van der Waals surface area contributed by atoms with Crippen LogP contribution in [0.2, 0.25) is 10.0 Å². The van der Waals surface area contributed by atoms with Crippen LogP contribution in [0.3, 0.4) is 0 Å². The highest BCUT2D eigenvalue weighted by atomic mass is 35.5. The average molecular weight is 376 g/mol. The number of nitrogens with zero attached hydrogens (tertiary/aromatic N) is 1. The van der Waals surface area contributed by atoms with Crippen LogP contribution in [0.15, 0.2) is 54.3 Å². The largest absolute Gasteiger partial charge is 0.509 e. The van der Waals surface area contributed by atoms with E-state index in [0.717, 1.165) is 11.1 Å². The number of benzene rings is 2. The van der Waals surface area contributed by atoms with Crippen LogP contribution in [0.1, 0.15) is 25.0 Å². The molecule has 0 saturated heterocycles. The predicted octanol–water partition coefficient (Wildman–Crippen LogP) is 5.33. The van der Waals surface area contributed by atoms with E-state index in [1.807, 2.05) is 50.2 Å². The minimum Gasteiger partial charge on any atom is -0.509 e. The summed E-state index contributed by atoms with van der Waals surface area (Å²) in [4.78, 5) is 14.7. The molecule has 1 N–H and O–H groups in total. The van der Waals surface area contributed by atoms with Crippen LogP contribution in [0.4, 0.5) is 0 Å². The van der Waals surface area contributed by atoms with Crippen molar-refractivity contribution in [1.29, 1.82) is 0 Å². The minimum absolute atomic E-state index is 0.0768. The summed E-state index contributed by atoms with van der Waals surface area (Å²) >= 11 is 12.1. The second-order valence-corrected chi connectivity index (χ2v) is 7.31. The zero-order valence-corrected chi connectivity index (χ0v) is 15.6. The fraction of sp³-hybridized carbons (Fsp3) is 0.250. The third kappa shape index (κ3) is 3.39. The van der Waals surface area contributed by atoms with Crippen molar-refractivity contribution in [3.63, 3.8) is 0 Å². The van der Waals surface area contributed by atoms with E-state index in [4.69, 9.17) is 23.2 Å². The highest BCUT2D eigenvalue weighted by molar-refractivity contribution is 6.42. The Kier molecular flexibility index (Phi) is 5.07. The molecule has 2 aromatic carbocycles. The molecule has 1 heterocycles. The molecule has 130 valence electrons. The van der Waals surface area contributed by atoms with Crippen LogP contribution in [0.5, 0.6) is 0 Å². The van der Waals surface area contributed by atoms with Gasteiger partial charge in [-0.2, -0.15) is 0 Å². The molecule has 0 aromatic heterocycles. The van der Waals surface area contributed by atoms with E-state index in [-0.39, 0.29) is 23.6 Å². The molecule has 1 aliphatic heterocycles. The first-order valence-corrected chi connectivity index (χ1v) is 8.89. The van der Waals surface area contributed by atoms with Gasteiger partial charge in [-0.1, -0.05) is 73.4 Å². The van der Waals surface area contributed by atoms with Crippen LogP contribution in [-0.4, -0.2) is 22.0 Å². The zero-order valence-electron chi connectivity index (χ0n) is 14.0. The van der Waals surface area contributed by atoms with Gasteiger partial charge in [-0.3, -0.25) is 4.79 Å². The van der Waals surface area contributed by atoms with E-state index in [1.54, 1.807) is 17.0 Å². The lowest BCUT2D eigenvalue weighted by Gasteiger charge is -2.28. The van der Waals surface area contributed by atoms with Gasteiger partial charge in [-0.25, -0.2) is 0 Å². The van der Waals surface area contributed by atoms with Gasteiger partial charge in [-0.15, -0.1) is 0 Å². The lowest BCUT2D eigenvalue weighted by molar-refractivity contribution is -0.126. The van der Waals surface area contributed by atoms with Crippen molar-refractivity contribution in [2.24, 2.45) is 5.92 Å². The monoisotopic (exact) mass is 375 g/mol. The third-order valence-electron chi connectivity index (χ3n) is 4.38. The number of hydrogen-bond donors (Lipinski definition) is 1. The number of amides is 1. The van der Waals surface area contributed by atoms with Gasteiger partial charge in [0.25, 0.3) is 5.91 Å². The quantitative estimate of drug-likeness (QED) is 0.784. The van der Waals surface area contributed by atoms with E-state index in [9.17, 15) is 9.90 Å². The minimum atomic E-state index is -0.364. The first kappa shape index (κ1) is 17.8. The number of carbonyl (C=O) groups excluding carboxylic acids is 1. The van der Waals surface area contributed by atoms with Crippen LogP contribution in [0, 0.1) is 5.92 Å². The summed E-state index contributed by atoms with van der Waals surface area (Å²) in [5.41, 5.74) is 1.97. The molecule has 0 unspecified atom stereocenters. The fourth-order valence-corrected chi connectivity index (χ4v) is 3.55. The van der Waals surface area contributed by atoms with Crippen molar-refractivity contribution in [3.8, 4) is 0 Å². The van der Waals surface area contributed by atoms with Crippen LogP contribution in [0.25, 0.3) is 5.57 Å². The molecular weight excluding hydrogens is 357 g/mol. The maximum atomic E-state index is 13.0. The molecular formula is C20H19Cl2NO2. The van der Waals surface area contributed by atoms with Crippen molar-refractivity contribution in [2.45, 2.75) is 26.4 Å². The summed E-state index contributed by atoms with van der Waals surface area (Å²) in [6.07, 6.45) is 0. The molecule has 0 fully saturated rings. The summed E-state index contributed by atoms with van der Waals surface area (Å²) < 4.78 is 0. The molecule has 1 aliphatic rings. The molecule has 5 heteroatoms. The summed E-state index contributed by atoms with van der Waals surface area (Å²) in [6, 6.07) is 14.2. The van der Waals surface area contributed by atoms with E-state index in [0.29, 0.717) is 22.2 Å². The van der Waals surface area contributed by atoms with Gasteiger partial charge >= 0.3 is 0 Å². The summed E-state index contributed by atoms with van der Waals surface area (Å²) in [5, 5.41) is 11.7. The Bertz CT molecular complexity index is 831. The first-order valence-electron chi connectivity index (χ1n) is 8.13. The maximum Gasteiger partial charge on any atom is 0.258 e. The highest BCUT2D eigenvalue weighted by Crippen LogP contribution is 2.36. The third-order valence-corrected chi connectivity index (χ3v) is 5.12. The molecule has 1 amide bonds. The molecule has 25 heavy (non-hydrogen) atoms. The average Bonchev–Trinajstić information content (AvgIpc) is 2.82. The second kappa shape index (κ2) is 7.11.